The molecular weight excluding hydrogens is 367 g/mol. The monoisotopic (exact) mass is 390 g/mol. The molecule has 1 aliphatic carbocycles. The van der Waals surface area contributed by atoms with Crippen molar-refractivity contribution in [1.82, 2.24) is 15.5 Å². The summed E-state index contributed by atoms with van der Waals surface area (Å²) < 4.78 is 13.0. The number of hydrogen-bond acceptors (Lipinski definition) is 5. The molecule has 3 rings (SSSR count). The number of hydrogen-bond donors (Lipinski definition) is 2. The van der Waals surface area contributed by atoms with Crippen LogP contribution in [0.3, 0.4) is 0 Å². The highest BCUT2D eigenvalue weighted by Gasteiger charge is 2.32. The van der Waals surface area contributed by atoms with E-state index in [4.69, 9.17) is 0 Å². The summed E-state index contributed by atoms with van der Waals surface area (Å²) in [5, 5.41) is 14.6. The number of amides is 2. The van der Waals surface area contributed by atoms with Crippen molar-refractivity contribution in [1.29, 1.82) is 0 Å². The standard InChI is InChI=1S/C19H23FN4O2S/c1-3-11(2)15(21-16(25)12-5-4-6-12)17(26)22-19-24-23-18(27-19)13-7-9-14(20)10-8-13/h7-12,15H,3-6H2,1-2H3,(H,21,25)(H,22,24,26)/t11-,15+/m0/s1. The van der Waals surface area contributed by atoms with Crippen LogP contribution in [0.2, 0.25) is 0 Å². The molecule has 2 N–H and O–H groups in total. The van der Waals surface area contributed by atoms with Crippen LogP contribution in [0.15, 0.2) is 24.3 Å². The Morgan fingerprint density at radius 3 is 2.56 bits per heavy atom. The van der Waals surface area contributed by atoms with Crippen LogP contribution in [-0.4, -0.2) is 28.1 Å². The number of carbonyl (C=O) groups excluding carboxylic acids is 2. The van der Waals surface area contributed by atoms with E-state index in [1.165, 1.54) is 23.5 Å². The molecule has 1 heterocycles. The van der Waals surface area contributed by atoms with Crippen molar-refractivity contribution in [3.8, 4) is 10.6 Å². The third-order valence-electron chi connectivity index (χ3n) is 5.02. The topological polar surface area (TPSA) is 84.0 Å². The van der Waals surface area contributed by atoms with Crippen molar-refractivity contribution >= 4 is 28.3 Å². The van der Waals surface area contributed by atoms with Crippen LogP contribution in [-0.2, 0) is 9.59 Å². The lowest BCUT2D eigenvalue weighted by atomic mass is 9.84. The SMILES string of the molecule is CC[C@H](C)[C@@H](NC(=O)C1CCC1)C(=O)Nc1nnc(-c2ccc(F)cc2)s1. The molecule has 2 atom stereocenters. The van der Waals surface area contributed by atoms with Crippen LogP contribution in [0.1, 0.15) is 39.5 Å². The maximum absolute atomic E-state index is 13.0. The second-order valence-electron chi connectivity index (χ2n) is 6.91. The molecule has 0 radical (unpaired) electrons. The van der Waals surface area contributed by atoms with Gasteiger partial charge in [0.05, 0.1) is 0 Å². The van der Waals surface area contributed by atoms with Gasteiger partial charge in [-0.05, 0) is 43.0 Å². The first-order valence-corrected chi connectivity index (χ1v) is 10.00. The summed E-state index contributed by atoms with van der Waals surface area (Å²) in [5.41, 5.74) is 0.728. The van der Waals surface area contributed by atoms with E-state index in [9.17, 15) is 14.0 Å². The Bertz CT molecular complexity index is 804. The average Bonchev–Trinajstić information content (AvgIpc) is 3.06. The molecule has 0 aliphatic heterocycles. The molecule has 2 amide bonds. The fourth-order valence-electron chi connectivity index (χ4n) is 2.81. The third kappa shape index (κ3) is 4.68. The van der Waals surface area contributed by atoms with Gasteiger partial charge >= 0.3 is 0 Å². The van der Waals surface area contributed by atoms with E-state index >= 15 is 0 Å². The molecule has 1 aromatic carbocycles. The highest BCUT2D eigenvalue weighted by molar-refractivity contribution is 7.18. The number of nitrogens with zero attached hydrogens (tertiary/aromatic N) is 2. The molecule has 0 unspecified atom stereocenters. The van der Waals surface area contributed by atoms with E-state index in [0.29, 0.717) is 10.1 Å². The van der Waals surface area contributed by atoms with Gasteiger partial charge in [0.1, 0.15) is 16.9 Å². The maximum Gasteiger partial charge on any atom is 0.249 e. The molecule has 1 aromatic heterocycles. The van der Waals surface area contributed by atoms with Gasteiger partial charge in [-0.2, -0.15) is 0 Å². The predicted molar refractivity (Wildman–Crippen MR) is 103 cm³/mol. The number of rotatable bonds is 7. The quantitative estimate of drug-likeness (QED) is 0.756. The second-order valence-corrected chi connectivity index (χ2v) is 7.89. The highest BCUT2D eigenvalue weighted by atomic mass is 32.1. The number of halogens is 1. The first kappa shape index (κ1) is 19.4. The van der Waals surface area contributed by atoms with E-state index < -0.39 is 6.04 Å². The lowest BCUT2D eigenvalue weighted by molar-refractivity contribution is -0.132. The Morgan fingerprint density at radius 1 is 1.26 bits per heavy atom. The zero-order chi connectivity index (χ0) is 19.4. The van der Waals surface area contributed by atoms with Gasteiger partial charge < -0.3 is 5.32 Å². The van der Waals surface area contributed by atoms with Crippen molar-refractivity contribution in [3.63, 3.8) is 0 Å². The number of carbonyl (C=O) groups is 2. The van der Waals surface area contributed by atoms with Crippen LogP contribution in [0, 0.1) is 17.7 Å². The molecule has 8 heteroatoms. The molecule has 2 aromatic rings. The Kier molecular flexibility index (Phi) is 6.15. The average molecular weight is 390 g/mol. The van der Waals surface area contributed by atoms with Gasteiger partial charge in [-0.3, -0.25) is 14.9 Å². The van der Waals surface area contributed by atoms with E-state index in [1.807, 2.05) is 13.8 Å². The largest absolute Gasteiger partial charge is 0.344 e. The van der Waals surface area contributed by atoms with Crippen molar-refractivity contribution in [2.75, 3.05) is 5.32 Å². The third-order valence-corrected chi connectivity index (χ3v) is 5.90. The number of benzene rings is 1. The van der Waals surface area contributed by atoms with Crippen molar-refractivity contribution in [2.24, 2.45) is 11.8 Å². The molecule has 144 valence electrons. The lowest BCUT2D eigenvalue weighted by Gasteiger charge is -2.29. The van der Waals surface area contributed by atoms with Gasteiger partial charge in [0, 0.05) is 11.5 Å². The van der Waals surface area contributed by atoms with Gasteiger partial charge in [0.15, 0.2) is 0 Å². The second kappa shape index (κ2) is 8.56. The molecule has 0 saturated heterocycles. The summed E-state index contributed by atoms with van der Waals surface area (Å²) in [6.45, 7) is 3.92. The minimum absolute atomic E-state index is 0.00137. The molecule has 1 aliphatic rings. The Balaban J connectivity index is 1.67. The number of aromatic nitrogens is 2. The summed E-state index contributed by atoms with van der Waals surface area (Å²) in [6.07, 6.45) is 3.60. The van der Waals surface area contributed by atoms with Crippen molar-refractivity contribution < 1.29 is 14.0 Å². The lowest BCUT2D eigenvalue weighted by Crippen LogP contribution is -2.50. The van der Waals surface area contributed by atoms with Crippen LogP contribution in [0.25, 0.3) is 10.6 Å². The first-order chi connectivity index (χ1) is 13.0. The predicted octanol–water partition coefficient (Wildman–Crippen LogP) is 3.61. The van der Waals surface area contributed by atoms with Crippen molar-refractivity contribution in [3.05, 3.63) is 30.1 Å². The normalized spacial score (nSPS) is 16.3. The summed E-state index contributed by atoms with van der Waals surface area (Å²) in [6, 6.07) is 5.32. The zero-order valence-corrected chi connectivity index (χ0v) is 16.2. The van der Waals surface area contributed by atoms with Gasteiger partial charge in [0.25, 0.3) is 0 Å². The summed E-state index contributed by atoms with van der Waals surface area (Å²) in [7, 11) is 0. The van der Waals surface area contributed by atoms with E-state index in [-0.39, 0.29) is 29.5 Å². The van der Waals surface area contributed by atoms with Crippen LogP contribution in [0.4, 0.5) is 9.52 Å². The van der Waals surface area contributed by atoms with Crippen LogP contribution in [0.5, 0.6) is 0 Å². The summed E-state index contributed by atoms with van der Waals surface area (Å²) in [4.78, 5) is 25.0. The Hall–Kier alpha value is -2.35. The molecular formula is C19H23FN4O2S. The number of nitrogens with one attached hydrogen (secondary N) is 2. The highest BCUT2D eigenvalue weighted by Crippen LogP contribution is 2.28. The molecule has 27 heavy (non-hydrogen) atoms. The molecule has 6 nitrogen and oxygen atoms in total. The summed E-state index contributed by atoms with van der Waals surface area (Å²) >= 11 is 1.21. The molecule has 1 fully saturated rings. The fourth-order valence-corrected chi connectivity index (χ4v) is 3.56. The van der Waals surface area contributed by atoms with E-state index in [1.54, 1.807) is 12.1 Å². The van der Waals surface area contributed by atoms with E-state index in [2.05, 4.69) is 20.8 Å². The zero-order valence-electron chi connectivity index (χ0n) is 15.4. The van der Waals surface area contributed by atoms with Crippen LogP contribution >= 0.6 is 11.3 Å². The van der Waals surface area contributed by atoms with Crippen LogP contribution < -0.4 is 10.6 Å². The first-order valence-electron chi connectivity index (χ1n) is 9.18. The molecule has 1 saturated carbocycles. The number of anilines is 1. The Morgan fingerprint density at radius 2 is 1.96 bits per heavy atom. The van der Waals surface area contributed by atoms with Gasteiger partial charge in [-0.25, -0.2) is 4.39 Å². The minimum atomic E-state index is -0.610. The molecule has 0 spiro atoms. The summed E-state index contributed by atoms with van der Waals surface area (Å²) in [5.74, 6) is -0.644. The van der Waals surface area contributed by atoms with E-state index in [0.717, 1.165) is 31.2 Å². The van der Waals surface area contributed by atoms with Crippen molar-refractivity contribution in [2.45, 2.75) is 45.6 Å². The minimum Gasteiger partial charge on any atom is -0.344 e. The van der Waals surface area contributed by atoms with Gasteiger partial charge in [0.2, 0.25) is 16.9 Å². The van der Waals surface area contributed by atoms with Gasteiger partial charge in [-0.15, -0.1) is 10.2 Å². The maximum atomic E-state index is 13.0. The fraction of sp³-hybridized carbons (Fsp3) is 0.474. The smallest absolute Gasteiger partial charge is 0.249 e. The Labute approximate surface area is 161 Å². The molecule has 0 bridgehead atoms. The van der Waals surface area contributed by atoms with Gasteiger partial charge in [-0.1, -0.05) is 38.0 Å².